The van der Waals surface area contributed by atoms with E-state index < -0.39 is 21.5 Å². The number of sulfonamides is 1. The number of nitrogens with zero attached hydrogens (tertiary/aromatic N) is 1. The molecule has 7 nitrogen and oxygen atoms in total. The molecule has 0 atom stereocenters. The van der Waals surface area contributed by atoms with Gasteiger partial charge in [-0.3, -0.25) is 9.59 Å². The van der Waals surface area contributed by atoms with Gasteiger partial charge in [-0.25, -0.2) is 8.42 Å². The number of para-hydroxylation sites is 2. The summed E-state index contributed by atoms with van der Waals surface area (Å²) >= 11 is 0. The number of aromatic nitrogens is 1. The van der Waals surface area contributed by atoms with E-state index >= 15 is 0 Å². The Morgan fingerprint density at radius 2 is 1.71 bits per heavy atom. The number of aromatic amines is 1. The van der Waals surface area contributed by atoms with Crippen LogP contribution in [0.5, 0.6) is 0 Å². The zero-order valence-corrected chi connectivity index (χ0v) is 18.1. The molecule has 1 fully saturated rings. The summed E-state index contributed by atoms with van der Waals surface area (Å²) in [6.45, 7) is 0. The fraction of sp³-hybridized carbons (Fsp3) is 0.304. The van der Waals surface area contributed by atoms with Gasteiger partial charge in [-0.05, 0) is 31.0 Å². The number of nitrogens with one attached hydrogen (secondary N) is 2. The molecule has 0 saturated heterocycles. The first-order valence-electron chi connectivity index (χ1n) is 10.4. The minimum absolute atomic E-state index is 0.0425. The molecule has 0 aliphatic heterocycles. The van der Waals surface area contributed by atoms with E-state index in [1.165, 1.54) is 16.4 Å². The van der Waals surface area contributed by atoms with Gasteiger partial charge in [0.2, 0.25) is 15.6 Å². The Labute approximate surface area is 181 Å². The number of pyridine rings is 1. The Balaban J connectivity index is 1.68. The molecule has 2 N–H and O–H groups in total. The number of carbonyl (C=O) groups excluding carboxylic acids is 1. The quantitative estimate of drug-likeness (QED) is 0.633. The van der Waals surface area contributed by atoms with E-state index in [2.05, 4.69) is 10.3 Å². The van der Waals surface area contributed by atoms with Crippen LogP contribution in [0.4, 0.5) is 5.69 Å². The molecule has 3 aromatic rings. The SMILES string of the molecule is CN(C1CCCCC1)S(=O)(=O)c1ccccc1NC(=O)c1cc(=O)[nH]c2ccccc12. The number of benzene rings is 2. The average Bonchev–Trinajstić information content (AvgIpc) is 2.78. The van der Waals surface area contributed by atoms with E-state index in [0.717, 1.165) is 32.1 Å². The van der Waals surface area contributed by atoms with E-state index in [-0.39, 0.29) is 22.2 Å². The van der Waals surface area contributed by atoms with E-state index in [1.807, 2.05) is 0 Å². The molecule has 1 aliphatic rings. The van der Waals surface area contributed by atoms with Gasteiger partial charge in [-0.2, -0.15) is 4.31 Å². The Hall–Kier alpha value is -2.97. The van der Waals surface area contributed by atoms with Crippen LogP contribution in [0.2, 0.25) is 0 Å². The topological polar surface area (TPSA) is 99.3 Å². The van der Waals surface area contributed by atoms with Crippen LogP contribution in [-0.4, -0.2) is 36.7 Å². The predicted octanol–water partition coefficient (Wildman–Crippen LogP) is 3.73. The van der Waals surface area contributed by atoms with E-state index in [4.69, 9.17) is 0 Å². The molecular formula is C23H25N3O4S. The lowest BCUT2D eigenvalue weighted by Crippen LogP contribution is -2.38. The predicted molar refractivity (Wildman–Crippen MR) is 121 cm³/mol. The maximum Gasteiger partial charge on any atom is 0.256 e. The zero-order chi connectivity index (χ0) is 22.0. The van der Waals surface area contributed by atoms with Crippen LogP contribution >= 0.6 is 0 Å². The first-order valence-corrected chi connectivity index (χ1v) is 11.8. The van der Waals surface area contributed by atoms with Gasteiger partial charge >= 0.3 is 0 Å². The molecule has 4 rings (SSSR count). The minimum Gasteiger partial charge on any atom is -0.322 e. The second-order valence-electron chi connectivity index (χ2n) is 7.86. The highest BCUT2D eigenvalue weighted by atomic mass is 32.2. The lowest BCUT2D eigenvalue weighted by atomic mass is 9.96. The second kappa shape index (κ2) is 8.64. The molecule has 0 spiro atoms. The van der Waals surface area contributed by atoms with E-state index in [9.17, 15) is 18.0 Å². The van der Waals surface area contributed by atoms with E-state index in [1.54, 1.807) is 49.5 Å². The number of hydrogen-bond donors (Lipinski definition) is 2. The number of rotatable bonds is 5. The summed E-state index contributed by atoms with van der Waals surface area (Å²) in [5, 5.41) is 3.30. The minimum atomic E-state index is -3.80. The van der Waals surface area contributed by atoms with Crippen molar-refractivity contribution < 1.29 is 13.2 Å². The molecule has 1 amide bonds. The van der Waals surface area contributed by atoms with Gasteiger partial charge in [-0.15, -0.1) is 0 Å². The summed E-state index contributed by atoms with van der Waals surface area (Å²) < 4.78 is 28.1. The zero-order valence-electron chi connectivity index (χ0n) is 17.3. The third kappa shape index (κ3) is 4.26. The summed E-state index contributed by atoms with van der Waals surface area (Å²) in [7, 11) is -2.19. The molecule has 1 aromatic heterocycles. The highest BCUT2D eigenvalue weighted by Crippen LogP contribution is 2.30. The van der Waals surface area contributed by atoms with Crippen LogP contribution in [0.15, 0.2) is 64.3 Å². The first-order chi connectivity index (χ1) is 14.9. The van der Waals surface area contributed by atoms with Crippen LogP contribution in [-0.2, 0) is 10.0 Å². The molecule has 0 bridgehead atoms. The van der Waals surface area contributed by atoms with Gasteiger partial charge in [0.15, 0.2) is 0 Å². The van der Waals surface area contributed by atoms with Crippen LogP contribution < -0.4 is 10.9 Å². The molecule has 2 aromatic carbocycles. The molecule has 31 heavy (non-hydrogen) atoms. The summed E-state index contributed by atoms with van der Waals surface area (Å²) in [4.78, 5) is 27.8. The lowest BCUT2D eigenvalue weighted by molar-refractivity contribution is 0.102. The van der Waals surface area contributed by atoms with Crippen LogP contribution in [0, 0.1) is 0 Å². The van der Waals surface area contributed by atoms with Gasteiger partial charge in [0.1, 0.15) is 4.90 Å². The van der Waals surface area contributed by atoms with Gasteiger partial charge in [0, 0.05) is 30.1 Å². The number of amides is 1. The van der Waals surface area contributed by atoms with Crippen molar-refractivity contribution in [2.24, 2.45) is 0 Å². The Bertz CT molecular complexity index is 1280. The van der Waals surface area contributed by atoms with Gasteiger partial charge in [0.25, 0.3) is 5.91 Å². The summed E-state index contributed by atoms with van der Waals surface area (Å²) in [6.07, 6.45) is 4.82. The average molecular weight is 440 g/mol. The molecular weight excluding hydrogens is 414 g/mol. The molecule has 8 heteroatoms. The highest BCUT2D eigenvalue weighted by Gasteiger charge is 2.31. The standard InChI is InChI=1S/C23H25N3O4S/c1-26(16-9-3-2-4-10-16)31(29,30)21-14-8-7-13-20(21)25-23(28)18-15-22(27)24-19-12-6-5-11-17(18)19/h5-8,11-16H,2-4,9-10H2,1H3,(H,24,27)(H,25,28). The van der Waals surface area contributed by atoms with Gasteiger partial charge in [-0.1, -0.05) is 49.6 Å². The third-order valence-electron chi connectivity index (χ3n) is 5.88. The summed E-state index contributed by atoms with van der Waals surface area (Å²) in [6, 6.07) is 14.5. The monoisotopic (exact) mass is 439 g/mol. The second-order valence-corrected chi connectivity index (χ2v) is 9.82. The summed E-state index contributed by atoms with van der Waals surface area (Å²) in [5.41, 5.74) is 0.520. The molecule has 162 valence electrons. The van der Waals surface area contributed by atoms with Crippen molar-refractivity contribution in [3.63, 3.8) is 0 Å². The number of carbonyl (C=O) groups is 1. The Morgan fingerprint density at radius 3 is 2.48 bits per heavy atom. The highest BCUT2D eigenvalue weighted by molar-refractivity contribution is 7.89. The first kappa shape index (κ1) is 21.3. The Kier molecular flexibility index (Phi) is 5.93. The van der Waals surface area contributed by atoms with Crippen molar-refractivity contribution in [1.82, 2.24) is 9.29 Å². The van der Waals surface area contributed by atoms with Gasteiger partial charge in [0.05, 0.1) is 11.3 Å². The molecule has 1 aliphatic carbocycles. The van der Waals surface area contributed by atoms with Crippen molar-refractivity contribution in [3.8, 4) is 0 Å². The third-order valence-corrected chi connectivity index (χ3v) is 7.84. The van der Waals surface area contributed by atoms with Crippen LogP contribution in [0.3, 0.4) is 0 Å². The van der Waals surface area contributed by atoms with Crippen LogP contribution in [0.1, 0.15) is 42.5 Å². The fourth-order valence-electron chi connectivity index (χ4n) is 4.17. The van der Waals surface area contributed by atoms with Crippen LogP contribution in [0.25, 0.3) is 10.9 Å². The van der Waals surface area contributed by atoms with Crippen molar-refractivity contribution in [2.45, 2.75) is 43.0 Å². The van der Waals surface area contributed by atoms with Crippen molar-refractivity contribution in [3.05, 3.63) is 70.5 Å². The number of hydrogen-bond acceptors (Lipinski definition) is 4. The summed E-state index contributed by atoms with van der Waals surface area (Å²) in [5.74, 6) is -0.537. The normalized spacial score (nSPS) is 15.3. The van der Waals surface area contributed by atoms with Crippen molar-refractivity contribution in [1.29, 1.82) is 0 Å². The number of fused-ring (bicyclic) bond motifs is 1. The molecule has 1 heterocycles. The smallest absolute Gasteiger partial charge is 0.256 e. The van der Waals surface area contributed by atoms with E-state index in [0.29, 0.717) is 10.9 Å². The maximum absolute atomic E-state index is 13.4. The number of H-pyrrole nitrogens is 1. The maximum atomic E-state index is 13.4. The Morgan fingerprint density at radius 1 is 1.03 bits per heavy atom. The fourth-order valence-corrected chi connectivity index (χ4v) is 5.73. The largest absolute Gasteiger partial charge is 0.322 e. The van der Waals surface area contributed by atoms with Crippen molar-refractivity contribution in [2.75, 3.05) is 12.4 Å². The van der Waals surface area contributed by atoms with Gasteiger partial charge < -0.3 is 10.3 Å². The lowest BCUT2D eigenvalue weighted by Gasteiger charge is -2.30. The van der Waals surface area contributed by atoms with Crippen molar-refractivity contribution >= 4 is 32.5 Å². The molecule has 1 saturated carbocycles. The number of anilines is 1. The molecule has 0 unspecified atom stereocenters. The molecule has 0 radical (unpaired) electrons.